The van der Waals surface area contributed by atoms with Gasteiger partial charge in [-0.15, -0.1) is 0 Å². The zero-order valence-corrected chi connectivity index (χ0v) is 50.3. The molecule has 0 saturated carbocycles. The number of hydrogen-bond donors (Lipinski definition) is 6. The first kappa shape index (κ1) is 72.6. The number of amides is 2. The number of carbonyl (C=O) groups excluding carboxylic acids is 4. The van der Waals surface area contributed by atoms with Crippen molar-refractivity contribution in [2.24, 2.45) is 0 Å². The second kappa shape index (κ2) is 45.0. The van der Waals surface area contributed by atoms with Gasteiger partial charge in [0.1, 0.15) is 0 Å². The minimum Gasteiger partial charge on any atom is -0.466 e. The van der Waals surface area contributed by atoms with E-state index in [4.69, 9.17) is 19.9 Å². The fourth-order valence-corrected chi connectivity index (χ4v) is 9.68. The molecule has 0 saturated heterocycles. The van der Waals surface area contributed by atoms with E-state index in [0.29, 0.717) is 77.3 Å². The van der Waals surface area contributed by atoms with E-state index in [1.54, 1.807) is 0 Å². The molecule has 2 aromatic rings. The molecule has 470 valence electrons. The monoisotopic (exact) mass is 1160 g/mol. The standard InChI is InChI=1S/C58H104N10O14/c1-47(61-79)33-19-9-15-27-41-65-53(73)63(55(75)67(57(65)77)43-29-17-11-23-37-59-49(3)69)39-25-13-5-7-21-35-51(71)81-45-31-32-46-82-52(72)36-22-8-6-14-26-40-64-54(74)66(42-28-16-10-20-34-48(2)62-80)58(78)68(56(64)76)44-30-18-12-24-38-60-50(4)70/h47-48,61-62,79-80H,5-46H2,1-4H3,(H,59,69)(H,60,70). The van der Waals surface area contributed by atoms with Crippen LogP contribution in [0.3, 0.4) is 0 Å². The number of carbonyl (C=O) groups is 4. The Labute approximate surface area is 484 Å². The Bertz CT molecular complexity index is 2330. The van der Waals surface area contributed by atoms with Crippen LogP contribution < -0.4 is 55.7 Å². The zero-order chi connectivity index (χ0) is 60.3. The molecule has 2 amide bonds. The van der Waals surface area contributed by atoms with E-state index in [1.807, 2.05) is 13.8 Å². The summed E-state index contributed by atoms with van der Waals surface area (Å²) in [6, 6.07) is -0.0280. The number of rotatable bonds is 51. The minimum atomic E-state index is -0.599. The number of ether oxygens (including phenoxy) is 2. The average Bonchev–Trinajstić information content (AvgIpc) is 3.44. The Morgan fingerprint density at radius 3 is 0.841 bits per heavy atom. The van der Waals surface area contributed by atoms with Gasteiger partial charge in [0.2, 0.25) is 11.8 Å². The molecular formula is C58H104N10O14. The Balaban J connectivity index is 1.69. The van der Waals surface area contributed by atoms with Gasteiger partial charge >= 0.3 is 46.1 Å². The van der Waals surface area contributed by atoms with Crippen molar-refractivity contribution in [3.8, 4) is 0 Å². The molecule has 2 rings (SSSR count). The van der Waals surface area contributed by atoms with Crippen molar-refractivity contribution in [1.82, 2.24) is 49.0 Å². The lowest BCUT2D eigenvalue weighted by molar-refractivity contribution is -0.146. The molecule has 0 aliphatic carbocycles. The number of unbranched alkanes of at least 4 members (excludes halogenated alkanes) is 21. The van der Waals surface area contributed by atoms with Crippen LogP contribution >= 0.6 is 0 Å². The highest BCUT2D eigenvalue weighted by Crippen LogP contribution is 2.11. The Kier molecular flexibility index (Phi) is 39.9. The predicted octanol–water partition coefficient (Wildman–Crippen LogP) is 5.93. The summed E-state index contributed by atoms with van der Waals surface area (Å²) in [6.07, 6.45) is 22.4. The summed E-state index contributed by atoms with van der Waals surface area (Å²) in [5, 5.41) is 23.6. The minimum absolute atomic E-state index is 0.0140. The first-order valence-corrected chi connectivity index (χ1v) is 31.0. The van der Waals surface area contributed by atoms with E-state index in [0.717, 1.165) is 128 Å². The second-order valence-electron chi connectivity index (χ2n) is 22.0. The maximum atomic E-state index is 13.5. The average molecular weight is 1170 g/mol. The van der Waals surface area contributed by atoms with Crippen LogP contribution in [-0.2, 0) is 67.9 Å². The number of hydroxylamine groups is 2. The molecule has 0 radical (unpaired) electrons. The van der Waals surface area contributed by atoms with Crippen LogP contribution in [0.5, 0.6) is 0 Å². The molecule has 0 aliphatic rings. The summed E-state index contributed by atoms with van der Waals surface area (Å²) < 4.78 is 17.8. The molecule has 24 heteroatoms. The van der Waals surface area contributed by atoms with Crippen LogP contribution in [-0.4, -0.2) is 100.0 Å². The first-order valence-electron chi connectivity index (χ1n) is 31.0. The van der Waals surface area contributed by atoms with E-state index in [9.17, 15) is 47.9 Å². The van der Waals surface area contributed by atoms with Crippen LogP contribution in [0.2, 0.25) is 0 Å². The quantitative estimate of drug-likeness (QED) is 0.0254. The molecule has 2 unspecified atom stereocenters. The van der Waals surface area contributed by atoms with E-state index in [-0.39, 0.29) is 101 Å². The normalized spacial score (nSPS) is 12.1. The van der Waals surface area contributed by atoms with Crippen molar-refractivity contribution in [2.75, 3.05) is 26.3 Å². The van der Waals surface area contributed by atoms with E-state index >= 15 is 0 Å². The van der Waals surface area contributed by atoms with Gasteiger partial charge in [0.25, 0.3) is 0 Å². The third-order valence-electron chi connectivity index (χ3n) is 14.7. The molecule has 82 heavy (non-hydrogen) atoms. The molecule has 0 spiro atoms. The predicted molar refractivity (Wildman–Crippen MR) is 314 cm³/mol. The Morgan fingerprint density at radius 1 is 0.354 bits per heavy atom. The highest BCUT2D eigenvalue weighted by Gasteiger charge is 2.18. The van der Waals surface area contributed by atoms with E-state index < -0.39 is 34.1 Å². The maximum Gasteiger partial charge on any atom is 0.336 e. The van der Waals surface area contributed by atoms with Gasteiger partial charge < -0.3 is 30.5 Å². The van der Waals surface area contributed by atoms with Crippen molar-refractivity contribution >= 4 is 23.8 Å². The lowest BCUT2D eigenvalue weighted by Crippen LogP contribution is -2.54. The molecule has 2 atom stereocenters. The molecule has 2 aromatic heterocycles. The van der Waals surface area contributed by atoms with Crippen LogP contribution in [0.4, 0.5) is 0 Å². The molecule has 6 N–H and O–H groups in total. The maximum absolute atomic E-state index is 13.5. The lowest BCUT2D eigenvalue weighted by atomic mass is 10.1. The number of nitrogens with one attached hydrogen (secondary N) is 4. The van der Waals surface area contributed by atoms with Crippen molar-refractivity contribution in [3.63, 3.8) is 0 Å². The topological polar surface area (TPSA) is 307 Å². The summed E-state index contributed by atoms with van der Waals surface area (Å²) >= 11 is 0. The van der Waals surface area contributed by atoms with Gasteiger partial charge in [-0.25, -0.2) is 67.1 Å². The van der Waals surface area contributed by atoms with Crippen LogP contribution in [0.15, 0.2) is 28.8 Å². The van der Waals surface area contributed by atoms with E-state index in [1.165, 1.54) is 41.3 Å². The molecule has 0 fully saturated rings. The molecule has 2 heterocycles. The molecule has 0 aliphatic heterocycles. The third-order valence-corrected chi connectivity index (χ3v) is 14.7. The van der Waals surface area contributed by atoms with Crippen LogP contribution in [0.25, 0.3) is 0 Å². The van der Waals surface area contributed by atoms with Crippen molar-refractivity contribution in [2.45, 2.75) is 285 Å². The summed E-state index contributed by atoms with van der Waals surface area (Å²) in [6.45, 7) is 9.47. The molecule has 0 bridgehead atoms. The smallest absolute Gasteiger partial charge is 0.336 e. The third kappa shape index (κ3) is 31.3. The number of esters is 2. The van der Waals surface area contributed by atoms with Gasteiger partial charge in [0.15, 0.2) is 0 Å². The largest absolute Gasteiger partial charge is 0.466 e. The molecule has 24 nitrogen and oxygen atoms in total. The van der Waals surface area contributed by atoms with Gasteiger partial charge in [-0.2, -0.15) is 0 Å². The highest BCUT2D eigenvalue weighted by atomic mass is 16.5. The van der Waals surface area contributed by atoms with Crippen LogP contribution in [0, 0.1) is 0 Å². The van der Waals surface area contributed by atoms with Crippen molar-refractivity contribution < 1.29 is 39.1 Å². The van der Waals surface area contributed by atoms with Gasteiger partial charge in [0, 0.05) is 91.1 Å². The van der Waals surface area contributed by atoms with Gasteiger partial charge in [-0.3, -0.25) is 19.2 Å². The molecule has 0 aromatic carbocycles. The fourth-order valence-electron chi connectivity index (χ4n) is 9.68. The van der Waals surface area contributed by atoms with Crippen LogP contribution in [0.1, 0.15) is 233 Å². The second-order valence-corrected chi connectivity index (χ2v) is 22.0. The number of hydrogen-bond acceptors (Lipinski definition) is 16. The summed E-state index contributed by atoms with van der Waals surface area (Å²) in [4.78, 5) is 128. The Morgan fingerprint density at radius 2 is 0.585 bits per heavy atom. The van der Waals surface area contributed by atoms with Crippen molar-refractivity contribution in [1.29, 1.82) is 0 Å². The Hall–Kier alpha value is -5.46. The van der Waals surface area contributed by atoms with Crippen molar-refractivity contribution in [3.05, 3.63) is 62.9 Å². The summed E-state index contributed by atoms with van der Waals surface area (Å²) in [5.74, 6) is -0.777. The zero-order valence-electron chi connectivity index (χ0n) is 50.3. The van der Waals surface area contributed by atoms with Gasteiger partial charge in [-0.1, -0.05) is 103 Å². The fraction of sp³-hybridized carbons (Fsp3) is 0.828. The van der Waals surface area contributed by atoms with E-state index in [2.05, 4.69) is 21.6 Å². The highest BCUT2D eigenvalue weighted by molar-refractivity contribution is 5.73. The number of aromatic nitrogens is 6. The SMILES string of the molecule is CC(=O)NCCCCCCn1c(=O)n(CCCCCCCC(=O)OCCCCOC(=O)CCCCCCCn2c(=O)n(CCCCCCNC(C)=O)c(=O)n(CCCCCCC(C)NO)c2=O)c(=O)n(CCCCCCC(C)NO)c1=O. The summed E-state index contributed by atoms with van der Waals surface area (Å²) in [5.41, 5.74) is 0.909. The number of nitrogens with zero attached hydrogens (tertiary/aromatic N) is 6. The summed E-state index contributed by atoms with van der Waals surface area (Å²) in [7, 11) is 0. The van der Waals surface area contributed by atoms with Gasteiger partial charge in [0.05, 0.1) is 13.2 Å². The molecular weight excluding hydrogens is 1060 g/mol. The lowest BCUT2D eigenvalue weighted by Gasteiger charge is -2.14. The van der Waals surface area contributed by atoms with Gasteiger partial charge in [-0.05, 0) is 104 Å². The first-order chi connectivity index (χ1) is 39.5.